The van der Waals surface area contributed by atoms with Crippen LogP contribution in [-0.2, 0) is 4.74 Å². The van der Waals surface area contributed by atoms with Crippen molar-refractivity contribution in [3.63, 3.8) is 0 Å². The van der Waals surface area contributed by atoms with Gasteiger partial charge in [-0.25, -0.2) is 4.79 Å². The van der Waals surface area contributed by atoms with Gasteiger partial charge in [0.1, 0.15) is 0 Å². The molecule has 1 saturated heterocycles. The quantitative estimate of drug-likeness (QED) is 0.794. The lowest BCUT2D eigenvalue weighted by Gasteiger charge is -2.33. The van der Waals surface area contributed by atoms with Crippen LogP contribution in [0.15, 0.2) is 0 Å². The summed E-state index contributed by atoms with van der Waals surface area (Å²) in [6.07, 6.45) is -0.330. The number of hydrogen-bond acceptors (Lipinski definition) is 7. The molecule has 3 heterocycles. The fourth-order valence-electron chi connectivity index (χ4n) is 2.24. The minimum absolute atomic E-state index is 0.140. The molecular formula is C12H16N6O3S. The summed E-state index contributed by atoms with van der Waals surface area (Å²) in [6, 6.07) is 0. The average molecular weight is 324 g/mol. The van der Waals surface area contributed by atoms with Gasteiger partial charge in [-0.05, 0) is 13.8 Å². The van der Waals surface area contributed by atoms with Gasteiger partial charge >= 0.3 is 6.09 Å². The maximum Gasteiger partial charge on any atom is 0.409 e. The highest BCUT2D eigenvalue weighted by atomic mass is 32.1. The summed E-state index contributed by atoms with van der Waals surface area (Å²) in [5.74, 6) is 0.510. The van der Waals surface area contributed by atoms with E-state index in [9.17, 15) is 9.59 Å². The molecule has 0 aliphatic carbocycles. The molecule has 1 aliphatic rings. The molecule has 2 aromatic rings. The Morgan fingerprint density at radius 1 is 1.18 bits per heavy atom. The van der Waals surface area contributed by atoms with E-state index in [1.165, 1.54) is 11.3 Å². The van der Waals surface area contributed by atoms with E-state index in [1.54, 1.807) is 28.2 Å². The molecule has 0 spiro atoms. The van der Waals surface area contributed by atoms with Crippen molar-refractivity contribution in [3.8, 4) is 0 Å². The second kappa shape index (κ2) is 5.87. The number of carbonyl (C=O) groups excluding carboxylic acids is 2. The van der Waals surface area contributed by atoms with Crippen molar-refractivity contribution in [1.29, 1.82) is 0 Å². The van der Waals surface area contributed by atoms with Crippen LogP contribution < -0.4 is 0 Å². The van der Waals surface area contributed by atoms with Gasteiger partial charge in [-0.3, -0.25) is 4.79 Å². The summed E-state index contributed by atoms with van der Waals surface area (Å²) in [5.41, 5.74) is 0. The minimum atomic E-state index is -0.330. The lowest BCUT2D eigenvalue weighted by molar-refractivity contribution is 0.0569. The maximum atomic E-state index is 12.5. The molecule has 118 valence electrons. The molecule has 1 aliphatic heterocycles. The number of piperazine rings is 1. The van der Waals surface area contributed by atoms with E-state index in [0.717, 1.165) is 0 Å². The Bertz CT molecular complexity index is 703. The summed E-state index contributed by atoms with van der Waals surface area (Å²) >= 11 is 1.22. The molecule has 22 heavy (non-hydrogen) atoms. The first-order valence-electron chi connectivity index (χ1n) is 7.00. The average Bonchev–Trinajstić information content (AvgIpc) is 3.09. The van der Waals surface area contributed by atoms with E-state index in [2.05, 4.69) is 15.3 Å². The molecule has 0 saturated carbocycles. The monoisotopic (exact) mass is 324 g/mol. The summed E-state index contributed by atoms with van der Waals surface area (Å²) in [4.78, 5) is 28.0. The van der Waals surface area contributed by atoms with Crippen molar-refractivity contribution in [2.75, 3.05) is 32.8 Å². The zero-order valence-electron chi connectivity index (χ0n) is 12.4. The topological polar surface area (TPSA) is 92.9 Å². The van der Waals surface area contributed by atoms with Gasteiger partial charge in [0.2, 0.25) is 9.97 Å². The van der Waals surface area contributed by atoms with Gasteiger partial charge in [0, 0.05) is 26.2 Å². The fraction of sp³-hybridized carbons (Fsp3) is 0.583. The van der Waals surface area contributed by atoms with Crippen molar-refractivity contribution in [2.45, 2.75) is 13.8 Å². The van der Waals surface area contributed by atoms with Gasteiger partial charge in [0.15, 0.2) is 5.82 Å². The predicted molar refractivity (Wildman–Crippen MR) is 77.9 cm³/mol. The van der Waals surface area contributed by atoms with E-state index >= 15 is 0 Å². The van der Waals surface area contributed by atoms with E-state index in [-0.39, 0.29) is 12.0 Å². The number of amides is 2. The highest BCUT2D eigenvalue weighted by Crippen LogP contribution is 2.16. The van der Waals surface area contributed by atoms with Crippen LogP contribution in [0.3, 0.4) is 0 Å². The van der Waals surface area contributed by atoms with Gasteiger partial charge in [-0.2, -0.15) is 4.52 Å². The zero-order valence-corrected chi connectivity index (χ0v) is 13.2. The van der Waals surface area contributed by atoms with Crippen LogP contribution in [0, 0.1) is 6.92 Å². The van der Waals surface area contributed by atoms with Gasteiger partial charge in [-0.15, -0.1) is 15.3 Å². The molecule has 0 radical (unpaired) electrons. The van der Waals surface area contributed by atoms with E-state index in [0.29, 0.717) is 48.6 Å². The Morgan fingerprint density at radius 2 is 1.86 bits per heavy atom. The number of fused-ring (bicyclic) bond motifs is 1. The van der Waals surface area contributed by atoms with Crippen LogP contribution in [0.1, 0.15) is 22.6 Å². The third-order valence-corrected chi connectivity index (χ3v) is 4.31. The standard InChI is InChI=1S/C12H16N6O3S/c1-3-21-12(20)17-6-4-16(5-7-17)10(19)9-15-18-8(2)13-14-11(18)22-9/h3-7H2,1-2H3. The molecular weight excluding hydrogens is 308 g/mol. The van der Waals surface area contributed by atoms with Crippen molar-refractivity contribution >= 4 is 28.3 Å². The lowest BCUT2D eigenvalue weighted by Crippen LogP contribution is -2.50. The normalized spacial score (nSPS) is 15.4. The van der Waals surface area contributed by atoms with Crippen molar-refractivity contribution in [2.24, 2.45) is 0 Å². The summed E-state index contributed by atoms with van der Waals surface area (Å²) < 4.78 is 6.52. The van der Waals surface area contributed by atoms with Gasteiger partial charge in [0.05, 0.1) is 6.61 Å². The number of nitrogens with zero attached hydrogens (tertiary/aromatic N) is 6. The van der Waals surface area contributed by atoms with Crippen LogP contribution in [0.4, 0.5) is 4.79 Å². The molecule has 2 aromatic heterocycles. The molecule has 3 rings (SSSR count). The molecule has 1 fully saturated rings. The van der Waals surface area contributed by atoms with E-state index < -0.39 is 0 Å². The molecule has 9 nitrogen and oxygen atoms in total. The summed E-state index contributed by atoms with van der Waals surface area (Å²) in [5, 5.41) is 12.5. The molecule has 0 aromatic carbocycles. The van der Waals surface area contributed by atoms with Crippen LogP contribution in [0.25, 0.3) is 4.96 Å². The largest absolute Gasteiger partial charge is 0.450 e. The van der Waals surface area contributed by atoms with Gasteiger partial charge in [-0.1, -0.05) is 11.3 Å². The zero-order chi connectivity index (χ0) is 15.7. The van der Waals surface area contributed by atoms with Gasteiger partial charge in [0.25, 0.3) is 5.91 Å². The number of aromatic nitrogens is 4. The third kappa shape index (κ3) is 2.61. The fourth-order valence-corrected chi connectivity index (χ4v) is 3.10. The van der Waals surface area contributed by atoms with Crippen molar-refractivity contribution in [3.05, 3.63) is 10.8 Å². The Balaban J connectivity index is 1.65. The van der Waals surface area contributed by atoms with Crippen LogP contribution >= 0.6 is 11.3 Å². The third-order valence-electron chi connectivity index (χ3n) is 3.42. The van der Waals surface area contributed by atoms with Crippen LogP contribution in [0.2, 0.25) is 0 Å². The van der Waals surface area contributed by atoms with Crippen molar-refractivity contribution < 1.29 is 14.3 Å². The number of aryl methyl sites for hydroxylation is 1. The second-order valence-electron chi connectivity index (χ2n) is 4.83. The molecule has 0 atom stereocenters. The molecule has 0 unspecified atom stereocenters. The number of rotatable bonds is 2. The summed E-state index contributed by atoms with van der Waals surface area (Å²) in [6.45, 7) is 5.78. The molecule has 10 heteroatoms. The molecule has 0 bridgehead atoms. The minimum Gasteiger partial charge on any atom is -0.450 e. The van der Waals surface area contributed by atoms with E-state index in [4.69, 9.17) is 4.74 Å². The lowest BCUT2D eigenvalue weighted by atomic mass is 10.3. The Labute approximate surface area is 130 Å². The first-order chi connectivity index (χ1) is 10.6. The smallest absolute Gasteiger partial charge is 0.409 e. The molecule has 2 amide bonds. The highest BCUT2D eigenvalue weighted by Gasteiger charge is 2.27. The Morgan fingerprint density at radius 3 is 2.50 bits per heavy atom. The predicted octanol–water partition coefficient (Wildman–Crippen LogP) is 0.409. The first-order valence-corrected chi connectivity index (χ1v) is 7.81. The second-order valence-corrected chi connectivity index (χ2v) is 5.78. The number of carbonyl (C=O) groups is 2. The SMILES string of the molecule is CCOC(=O)N1CCN(C(=O)c2nn3c(C)nnc3s2)CC1. The Hall–Kier alpha value is -2.23. The number of ether oxygens (including phenoxy) is 1. The van der Waals surface area contributed by atoms with E-state index in [1.807, 2.05) is 0 Å². The molecule has 0 N–H and O–H groups in total. The number of hydrogen-bond donors (Lipinski definition) is 0. The van der Waals surface area contributed by atoms with Crippen molar-refractivity contribution in [1.82, 2.24) is 29.6 Å². The van der Waals surface area contributed by atoms with Crippen LogP contribution in [0.5, 0.6) is 0 Å². The first kappa shape index (κ1) is 14.7. The summed E-state index contributed by atoms with van der Waals surface area (Å²) in [7, 11) is 0. The maximum absolute atomic E-state index is 12.5. The van der Waals surface area contributed by atoms with Crippen LogP contribution in [-0.4, -0.2) is 74.4 Å². The Kier molecular flexibility index (Phi) is 3.92. The highest BCUT2D eigenvalue weighted by molar-refractivity contribution is 7.18. The van der Waals surface area contributed by atoms with Gasteiger partial charge < -0.3 is 14.5 Å².